The summed E-state index contributed by atoms with van der Waals surface area (Å²) in [5, 5.41) is 0. The van der Waals surface area contributed by atoms with Crippen molar-refractivity contribution in [2.24, 2.45) is 0 Å². The summed E-state index contributed by atoms with van der Waals surface area (Å²) in [6.07, 6.45) is 7.32. The van der Waals surface area contributed by atoms with Gasteiger partial charge in [0.15, 0.2) is 0 Å². The molecule has 2 N–H and O–H groups in total. The molecule has 0 saturated carbocycles. The van der Waals surface area contributed by atoms with Gasteiger partial charge in [0, 0.05) is 0 Å². The van der Waals surface area contributed by atoms with Crippen molar-refractivity contribution in [3.05, 3.63) is 71.8 Å². The molecule has 2 aromatic carbocycles. The Kier molecular flexibility index (Phi) is 9.60. The van der Waals surface area contributed by atoms with E-state index in [9.17, 15) is 0 Å². The lowest BCUT2D eigenvalue weighted by atomic mass is 9.85. The van der Waals surface area contributed by atoms with Gasteiger partial charge in [-0.1, -0.05) is 92.8 Å². The molecule has 0 atom stereocenters. The molecule has 0 heterocycles. The van der Waals surface area contributed by atoms with Gasteiger partial charge in [-0.05, 0) is 24.0 Å². The van der Waals surface area contributed by atoms with Crippen LogP contribution in [-0.2, 0) is 9.40 Å². The van der Waals surface area contributed by atoms with Crippen molar-refractivity contribution >= 4 is 20.2 Å². The first kappa shape index (κ1) is 21.3. The van der Waals surface area contributed by atoms with Gasteiger partial charge in [0.25, 0.3) is 0 Å². The summed E-state index contributed by atoms with van der Waals surface area (Å²) in [7, 11) is -2.20. The van der Waals surface area contributed by atoms with Gasteiger partial charge in [-0.25, -0.2) is 0 Å². The largest absolute Gasteiger partial charge is 0.328 e. The number of alkyl halides is 1. The zero-order valence-corrected chi connectivity index (χ0v) is 16.7. The van der Waals surface area contributed by atoms with E-state index < -0.39 is 13.5 Å². The number of unbranched alkanes of at least 4 members (excludes halogenated alkanes) is 5. The predicted molar refractivity (Wildman–Crippen MR) is 109 cm³/mol. The highest BCUT2D eigenvalue weighted by atomic mass is 35.5. The molecular formula is C21H28ClO3P. The molecule has 0 saturated heterocycles. The summed E-state index contributed by atoms with van der Waals surface area (Å²) >= 11 is 7.14. The van der Waals surface area contributed by atoms with Crippen LogP contribution in [0.25, 0.3) is 0 Å². The molecule has 0 aliphatic carbocycles. The van der Waals surface area contributed by atoms with Crippen LogP contribution in [0.5, 0.6) is 0 Å². The normalized spacial score (nSPS) is 11.8. The lowest BCUT2D eigenvalue weighted by Gasteiger charge is -2.28. The minimum Gasteiger partial charge on any atom is -0.328 e. The molecule has 0 aliphatic heterocycles. The van der Waals surface area contributed by atoms with Crippen LogP contribution in [0.15, 0.2) is 60.7 Å². The fraction of sp³-hybridized carbons (Fsp3) is 0.429. The summed E-state index contributed by atoms with van der Waals surface area (Å²) in [6, 6.07) is 20.6. The maximum Gasteiger partial charge on any atom is 0.327 e. The Labute approximate surface area is 163 Å². The highest BCUT2D eigenvalue weighted by Crippen LogP contribution is 2.41. The minimum absolute atomic E-state index is 0.422. The fourth-order valence-corrected chi connectivity index (χ4v) is 3.86. The van der Waals surface area contributed by atoms with Crippen molar-refractivity contribution in [3.63, 3.8) is 0 Å². The molecule has 142 valence electrons. The second kappa shape index (κ2) is 11.7. The molecule has 5 heteroatoms. The van der Waals surface area contributed by atoms with E-state index in [4.69, 9.17) is 25.9 Å². The van der Waals surface area contributed by atoms with Crippen LogP contribution in [0.2, 0.25) is 0 Å². The molecule has 0 aliphatic rings. The molecule has 0 fully saturated rings. The van der Waals surface area contributed by atoms with E-state index in [0.717, 1.165) is 56.1 Å². The molecule has 0 unspecified atom stereocenters. The topological polar surface area (TPSA) is 49.7 Å². The molecule has 0 spiro atoms. The average Bonchev–Trinajstić information content (AvgIpc) is 2.67. The zero-order chi connectivity index (χ0) is 18.7. The standard InChI is InChI=1S/C21H28ClO3P/c22-21(19-13-7-5-8-14-19,20-15-9-6-10-16-20)17-11-3-1-2-4-12-18-25-26(23)24/h5-10,13-16,23-24H,1-4,11-12,17-18H2. The maximum absolute atomic E-state index is 8.67. The Balaban J connectivity index is 1.80. The summed E-state index contributed by atoms with van der Waals surface area (Å²) in [6.45, 7) is 0.422. The van der Waals surface area contributed by atoms with Gasteiger partial charge in [0.1, 0.15) is 0 Å². The van der Waals surface area contributed by atoms with Gasteiger partial charge < -0.3 is 14.3 Å². The van der Waals surface area contributed by atoms with Gasteiger partial charge in [-0.3, -0.25) is 0 Å². The molecule has 2 aromatic rings. The average molecular weight is 395 g/mol. The van der Waals surface area contributed by atoms with Gasteiger partial charge in [-0.15, -0.1) is 11.6 Å². The Hall–Kier alpha value is -0.960. The Morgan fingerprint density at radius 3 is 1.69 bits per heavy atom. The third-order valence-corrected chi connectivity index (χ3v) is 5.62. The third kappa shape index (κ3) is 6.98. The quantitative estimate of drug-likeness (QED) is 0.259. The van der Waals surface area contributed by atoms with E-state index in [1.54, 1.807) is 0 Å². The molecule has 0 aromatic heterocycles. The van der Waals surface area contributed by atoms with Crippen molar-refractivity contribution in [2.75, 3.05) is 6.61 Å². The monoisotopic (exact) mass is 394 g/mol. The SMILES string of the molecule is OP(O)OCCCCCCCCC(Cl)(c1ccccc1)c1ccccc1. The van der Waals surface area contributed by atoms with Crippen LogP contribution in [-0.4, -0.2) is 16.4 Å². The van der Waals surface area contributed by atoms with E-state index in [0.29, 0.717) is 6.61 Å². The van der Waals surface area contributed by atoms with Gasteiger partial charge in [-0.2, -0.15) is 0 Å². The van der Waals surface area contributed by atoms with Crippen molar-refractivity contribution in [1.82, 2.24) is 0 Å². The number of benzene rings is 2. The Bertz CT molecular complexity index is 568. The van der Waals surface area contributed by atoms with Crippen LogP contribution in [0.1, 0.15) is 56.1 Å². The molecule has 3 nitrogen and oxygen atoms in total. The highest BCUT2D eigenvalue weighted by Gasteiger charge is 2.30. The smallest absolute Gasteiger partial charge is 0.327 e. The summed E-state index contributed by atoms with van der Waals surface area (Å²) in [4.78, 5) is 16.9. The molecule has 0 bridgehead atoms. The van der Waals surface area contributed by atoms with E-state index in [1.807, 2.05) is 36.4 Å². The molecular weight excluding hydrogens is 367 g/mol. The maximum atomic E-state index is 8.67. The number of halogens is 1. The summed E-state index contributed by atoms with van der Waals surface area (Å²) < 4.78 is 4.77. The van der Waals surface area contributed by atoms with E-state index in [2.05, 4.69) is 24.3 Å². The van der Waals surface area contributed by atoms with Crippen molar-refractivity contribution in [1.29, 1.82) is 0 Å². The number of hydrogen-bond donors (Lipinski definition) is 2. The van der Waals surface area contributed by atoms with Gasteiger partial charge >= 0.3 is 8.60 Å². The van der Waals surface area contributed by atoms with Gasteiger partial charge in [0.2, 0.25) is 0 Å². The summed E-state index contributed by atoms with van der Waals surface area (Å²) in [5.41, 5.74) is 2.30. The first-order valence-electron chi connectivity index (χ1n) is 9.24. The van der Waals surface area contributed by atoms with Crippen molar-refractivity contribution < 1.29 is 14.3 Å². The second-order valence-electron chi connectivity index (χ2n) is 6.49. The molecule has 2 rings (SSSR count). The number of rotatable bonds is 12. The highest BCUT2D eigenvalue weighted by molar-refractivity contribution is 7.39. The van der Waals surface area contributed by atoms with Crippen molar-refractivity contribution in [2.45, 2.75) is 49.8 Å². The van der Waals surface area contributed by atoms with E-state index in [-0.39, 0.29) is 0 Å². The van der Waals surface area contributed by atoms with Crippen molar-refractivity contribution in [3.8, 4) is 0 Å². The lowest BCUT2D eigenvalue weighted by Crippen LogP contribution is -2.20. The summed E-state index contributed by atoms with van der Waals surface area (Å²) in [5.74, 6) is 0. The third-order valence-electron chi connectivity index (χ3n) is 4.59. The van der Waals surface area contributed by atoms with E-state index >= 15 is 0 Å². The Morgan fingerprint density at radius 1 is 0.731 bits per heavy atom. The second-order valence-corrected chi connectivity index (χ2v) is 7.90. The predicted octanol–water partition coefficient (Wildman–Crippen LogP) is 6.13. The first-order valence-corrected chi connectivity index (χ1v) is 10.8. The minimum atomic E-state index is -2.20. The zero-order valence-electron chi connectivity index (χ0n) is 15.1. The van der Waals surface area contributed by atoms with Crippen LogP contribution >= 0.6 is 20.2 Å². The van der Waals surface area contributed by atoms with Crippen LogP contribution < -0.4 is 0 Å². The lowest BCUT2D eigenvalue weighted by molar-refractivity contribution is 0.248. The fourth-order valence-electron chi connectivity index (χ4n) is 3.18. The van der Waals surface area contributed by atoms with Crippen LogP contribution in [0.3, 0.4) is 0 Å². The molecule has 26 heavy (non-hydrogen) atoms. The number of hydrogen-bond acceptors (Lipinski definition) is 3. The van der Waals surface area contributed by atoms with E-state index in [1.165, 1.54) is 0 Å². The molecule has 0 amide bonds. The first-order chi connectivity index (χ1) is 12.6. The van der Waals surface area contributed by atoms with Crippen LogP contribution in [0, 0.1) is 0 Å². The van der Waals surface area contributed by atoms with Crippen LogP contribution in [0.4, 0.5) is 0 Å². The molecule has 0 radical (unpaired) electrons. The van der Waals surface area contributed by atoms with Gasteiger partial charge in [0.05, 0.1) is 11.5 Å². The Morgan fingerprint density at radius 2 is 1.19 bits per heavy atom.